The van der Waals surface area contributed by atoms with Crippen LogP contribution in [0.4, 0.5) is 17.1 Å². The van der Waals surface area contributed by atoms with Crippen LogP contribution in [0.3, 0.4) is 0 Å². The molecule has 0 saturated heterocycles. The number of hydrogen-bond donors (Lipinski definition) is 1. The van der Waals surface area contributed by atoms with Gasteiger partial charge in [0.1, 0.15) is 19.0 Å². The minimum atomic E-state index is -0.608. The summed E-state index contributed by atoms with van der Waals surface area (Å²) in [5.74, 6) is 1.30. The maximum atomic E-state index is 14.0. The fourth-order valence-electron chi connectivity index (χ4n) is 7.98. The SMILES string of the molecule is COc1cc2c(cc1OCc1cc(O)cc(COc3cc4c(cc3OC)C(=O)N3c5ccccc5CC3(C)C=N4)c1)N=CC1Cc3c(ncn3C)CN1C2=O. The number of methoxy groups -OCH3 is 2. The van der Waals surface area contributed by atoms with Crippen LogP contribution in [0.15, 0.2) is 83.0 Å². The van der Waals surface area contributed by atoms with Crippen molar-refractivity contribution in [1.82, 2.24) is 14.5 Å². The Labute approximate surface area is 317 Å². The predicted molar refractivity (Wildman–Crippen MR) is 205 cm³/mol. The summed E-state index contributed by atoms with van der Waals surface area (Å²) in [6.45, 7) is 2.58. The van der Waals surface area contributed by atoms with Crippen molar-refractivity contribution in [2.45, 2.75) is 51.1 Å². The van der Waals surface area contributed by atoms with Crippen LogP contribution in [0, 0.1) is 0 Å². The number of phenolic OH excluding ortho intramolecular Hbond substituents is 1. The topological polar surface area (TPSA) is 140 Å². The number of aryl methyl sites for hydroxylation is 1. The van der Waals surface area contributed by atoms with Gasteiger partial charge in [0.05, 0.1) is 66.9 Å². The summed E-state index contributed by atoms with van der Waals surface area (Å²) in [5.41, 5.74) is 6.50. The molecule has 0 bridgehead atoms. The highest BCUT2D eigenvalue weighted by atomic mass is 16.5. The maximum absolute atomic E-state index is 14.0. The van der Waals surface area contributed by atoms with Gasteiger partial charge in [-0.2, -0.15) is 0 Å². The number of fused-ring (bicyclic) bond motifs is 7. The monoisotopic (exact) mass is 738 g/mol. The molecule has 4 aliphatic rings. The van der Waals surface area contributed by atoms with Crippen LogP contribution in [-0.2, 0) is 39.6 Å². The van der Waals surface area contributed by atoms with E-state index >= 15 is 0 Å². The molecule has 0 radical (unpaired) electrons. The second-order valence-electron chi connectivity index (χ2n) is 14.4. The third kappa shape index (κ3) is 5.83. The Morgan fingerprint density at radius 2 is 1.49 bits per heavy atom. The van der Waals surface area contributed by atoms with Crippen molar-refractivity contribution in [2.24, 2.45) is 17.0 Å². The molecule has 13 nitrogen and oxygen atoms in total. The highest BCUT2D eigenvalue weighted by molar-refractivity contribution is 6.16. The van der Waals surface area contributed by atoms with Crippen LogP contribution in [-0.4, -0.2) is 69.6 Å². The standard InChI is InChI=1S/C42H38N6O7/c1-42-17-26-7-5-6-8-34(26)48(42)41(51)30-14-37(53-4)39(16-32(30)44-22-42)55-21-25-9-24(10-28(49)11-25)20-54-38-15-31-29(13-36(38)52-3)40(50)47-19-33-35(46(2)23-45-33)12-27(47)18-43-31/h5-11,13-16,18,22-23,27,49H,12,17,19-21H2,1-4H3. The summed E-state index contributed by atoms with van der Waals surface area (Å²) in [6, 6.07) is 19.6. The summed E-state index contributed by atoms with van der Waals surface area (Å²) in [4.78, 5) is 45.3. The maximum Gasteiger partial charge on any atom is 0.261 e. The van der Waals surface area contributed by atoms with Crippen LogP contribution < -0.4 is 23.8 Å². The minimum absolute atomic E-state index is 0.0362. The molecule has 5 heterocycles. The first-order valence-electron chi connectivity index (χ1n) is 18.0. The Morgan fingerprint density at radius 1 is 0.836 bits per heavy atom. The Balaban J connectivity index is 0.925. The number of amides is 2. The summed E-state index contributed by atoms with van der Waals surface area (Å²) >= 11 is 0. The summed E-state index contributed by atoms with van der Waals surface area (Å²) in [7, 11) is 5.00. The van der Waals surface area contributed by atoms with Gasteiger partial charge < -0.3 is 33.5 Å². The highest BCUT2D eigenvalue weighted by Crippen LogP contribution is 2.45. The molecule has 9 rings (SSSR count). The van der Waals surface area contributed by atoms with Crippen molar-refractivity contribution in [1.29, 1.82) is 0 Å². The molecular weight excluding hydrogens is 700 g/mol. The van der Waals surface area contributed by atoms with Crippen LogP contribution in [0.1, 0.15) is 55.7 Å². The molecule has 1 aromatic heterocycles. The third-order valence-corrected chi connectivity index (χ3v) is 10.7. The molecular formula is C42H38N6O7. The van der Waals surface area contributed by atoms with E-state index < -0.39 is 5.54 Å². The van der Waals surface area contributed by atoms with Gasteiger partial charge in [-0.05, 0) is 60.0 Å². The van der Waals surface area contributed by atoms with Gasteiger partial charge in [-0.15, -0.1) is 0 Å². The third-order valence-electron chi connectivity index (χ3n) is 10.7. The average Bonchev–Trinajstić information content (AvgIpc) is 3.63. The van der Waals surface area contributed by atoms with Gasteiger partial charge in [-0.25, -0.2) is 4.98 Å². The lowest BCUT2D eigenvalue weighted by Gasteiger charge is -2.32. The fraction of sp³-hybridized carbons (Fsp3) is 0.262. The Bertz CT molecular complexity index is 2470. The number of aromatic nitrogens is 2. The minimum Gasteiger partial charge on any atom is -0.508 e. The molecule has 4 aromatic carbocycles. The number of aromatic hydroxyl groups is 1. The zero-order valence-corrected chi connectivity index (χ0v) is 30.8. The molecule has 1 N–H and O–H groups in total. The zero-order valence-electron chi connectivity index (χ0n) is 30.8. The first kappa shape index (κ1) is 34.2. The number of nitrogens with zero attached hydrogens (tertiary/aromatic N) is 6. The van der Waals surface area contributed by atoms with E-state index in [4.69, 9.17) is 28.9 Å². The Kier molecular flexibility index (Phi) is 8.10. The van der Waals surface area contributed by atoms with E-state index in [0.29, 0.717) is 76.0 Å². The molecule has 0 spiro atoms. The van der Waals surface area contributed by atoms with Crippen molar-refractivity contribution in [3.8, 4) is 28.7 Å². The molecule has 4 aliphatic heterocycles. The van der Waals surface area contributed by atoms with Gasteiger partial charge in [0.15, 0.2) is 23.0 Å². The number of imidazole rings is 1. The van der Waals surface area contributed by atoms with E-state index in [-0.39, 0.29) is 36.8 Å². The number of ether oxygens (including phenoxy) is 4. The fourth-order valence-corrected chi connectivity index (χ4v) is 7.98. The first-order chi connectivity index (χ1) is 26.6. The number of anilines is 1. The van der Waals surface area contributed by atoms with Gasteiger partial charge in [0, 0.05) is 55.8 Å². The number of carbonyl (C=O) groups is 2. The molecule has 0 fully saturated rings. The number of carbonyl (C=O) groups excluding carboxylic acids is 2. The van der Waals surface area contributed by atoms with E-state index in [0.717, 1.165) is 22.6 Å². The smallest absolute Gasteiger partial charge is 0.261 e. The van der Waals surface area contributed by atoms with Crippen LogP contribution >= 0.6 is 0 Å². The first-order valence-corrected chi connectivity index (χ1v) is 18.0. The van der Waals surface area contributed by atoms with Crippen molar-refractivity contribution >= 4 is 41.3 Å². The summed E-state index contributed by atoms with van der Waals surface area (Å²) in [5, 5.41) is 10.7. The highest BCUT2D eigenvalue weighted by Gasteiger charge is 2.45. The molecule has 0 saturated carbocycles. The molecule has 0 aliphatic carbocycles. The number of aliphatic imine (C=N–C) groups is 2. The molecule has 55 heavy (non-hydrogen) atoms. The van der Waals surface area contributed by atoms with Crippen LogP contribution in [0.2, 0.25) is 0 Å². The zero-order chi connectivity index (χ0) is 38.0. The van der Waals surface area contributed by atoms with Gasteiger partial charge >= 0.3 is 0 Å². The second-order valence-corrected chi connectivity index (χ2v) is 14.4. The van der Waals surface area contributed by atoms with E-state index in [1.54, 1.807) is 47.6 Å². The number of benzene rings is 4. The number of hydrogen-bond acceptors (Lipinski definition) is 10. The Morgan fingerprint density at radius 3 is 2.18 bits per heavy atom. The predicted octanol–water partition coefficient (Wildman–Crippen LogP) is 6.26. The van der Waals surface area contributed by atoms with Gasteiger partial charge in [-0.3, -0.25) is 24.5 Å². The summed E-state index contributed by atoms with van der Waals surface area (Å²) in [6.07, 6.45) is 6.70. The van der Waals surface area contributed by atoms with E-state index in [9.17, 15) is 14.7 Å². The Hall–Kier alpha value is -6.63. The molecule has 278 valence electrons. The molecule has 2 atom stereocenters. The number of para-hydroxylation sites is 1. The number of rotatable bonds is 8. The largest absolute Gasteiger partial charge is 0.508 e. The van der Waals surface area contributed by atoms with Gasteiger partial charge in [-0.1, -0.05) is 18.2 Å². The lowest BCUT2D eigenvalue weighted by molar-refractivity contribution is 0.0698. The van der Waals surface area contributed by atoms with Crippen molar-refractivity contribution in [3.05, 3.63) is 112 Å². The lowest BCUT2D eigenvalue weighted by Crippen LogP contribution is -2.48. The van der Waals surface area contributed by atoms with E-state index in [1.807, 2.05) is 66.2 Å². The average molecular weight is 739 g/mol. The second kappa shape index (κ2) is 13.0. The van der Waals surface area contributed by atoms with E-state index in [2.05, 4.69) is 4.98 Å². The molecule has 2 amide bonds. The van der Waals surface area contributed by atoms with E-state index in [1.165, 1.54) is 14.2 Å². The van der Waals surface area contributed by atoms with Crippen molar-refractivity contribution < 1.29 is 33.6 Å². The lowest BCUT2D eigenvalue weighted by atomic mass is 9.98. The van der Waals surface area contributed by atoms with Crippen molar-refractivity contribution in [3.63, 3.8) is 0 Å². The molecule has 13 heteroatoms. The quantitative estimate of drug-likeness (QED) is 0.197. The van der Waals surface area contributed by atoms with Crippen LogP contribution in [0.25, 0.3) is 0 Å². The summed E-state index contributed by atoms with van der Waals surface area (Å²) < 4.78 is 25.8. The van der Waals surface area contributed by atoms with Gasteiger partial charge in [0.25, 0.3) is 11.8 Å². The normalized spacial score (nSPS) is 19.0. The van der Waals surface area contributed by atoms with Gasteiger partial charge in [0.2, 0.25) is 0 Å². The number of phenols is 1. The van der Waals surface area contributed by atoms with Crippen molar-refractivity contribution in [2.75, 3.05) is 19.1 Å². The molecule has 5 aromatic rings. The molecule has 2 unspecified atom stereocenters. The van der Waals surface area contributed by atoms with Crippen LogP contribution in [0.5, 0.6) is 28.7 Å².